The normalized spacial score (nSPS) is 25.5. The second-order valence-corrected chi connectivity index (χ2v) is 15.4. The molecule has 0 aliphatic carbocycles. The minimum absolute atomic E-state index is 0.264. The lowest BCUT2D eigenvalue weighted by Crippen LogP contribution is -2.63. The molecule has 51 heavy (non-hydrogen) atoms. The van der Waals surface area contributed by atoms with Crippen LogP contribution in [0.5, 0.6) is 11.5 Å². The molecule has 1 unspecified atom stereocenters. The second-order valence-electron chi connectivity index (χ2n) is 15.4. The highest BCUT2D eigenvalue weighted by Crippen LogP contribution is 2.39. The van der Waals surface area contributed by atoms with E-state index in [-0.39, 0.29) is 12.2 Å². The predicted molar refractivity (Wildman–Crippen MR) is 191 cm³/mol. The predicted octanol–water partition coefficient (Wildman–Crippen LogP) is 7.67. The third kappa shape index (κ3) is 14.3. The van der Waals surface area contributed by atoms with Gasteiger partial charge >= 0.3 is 23.9 Å². The van der Waals surface area contributed by atoms with Crippen molar-refractivity contribution in [3.8, 4) is 11.5 Å². The standard InChI is InChI=1S/C40H62O11/c1-25(2)13-10-14-26(3)15-11-16-27(4)17-12-21-40(9)22-20-32-23-33(18-19-34(32)51-40)49-39-38(48-31(8)44)37(47-30(7)43)36(46-29(6)42)35(50-39)24-45-28(5)41/h18-19,23,25-27,35-39H,10-17,20-22,24H2,1-9H3/t26-,27-,35-,36+,37+,38-,39-,40?/m1/s1. The van der Waals surface area contributed by atoms with Crippen LogP contribution in [0.3, 0.4) is 0 Å². The van der Waals surface area contributed by atoms with Crippen molar-refractivity contribution in [1.29, 1.82) is 0 Å². The van der Waals surface area contributed by atoms with E-state index in [1.807, 2.05) is 12.1 Å². The van der Waals surface area contributed by atoms with Crippen LogP contribution in [0, 0.1) is 17.8 Å². The first-order valence-corrected chi connectivity index (χ1v) is 18.8. The number of rotatable bonds is 19. The molecule has 0 radical (unpaired) electrons. The van der Waals surface area contributed by atoms with Gasteiger partial charge in [-0.15, -0.1) is 0 Å². The molecule has 3 rings (SSSR count). The van der Waals surface area contributed by atoms with Crippen molar-refractivity contribution in [3.63, 3.8) is 0 Å². The molecule has 1 aromatic rings. The van der Waals surface area contributed by atoms with Gasteiger partial charge in [0, 0.05) is 27.7 Å². The van der Waals surface area contributed by atoms with Crippen molar-refractivity contribution in [1.82, 2.24) is 0 Å². The van der Waals surface area contributed by atoms with Gasteiger partial charge in [0.05, 0.1) is 0 Å². The number of hydrogen-bond acceptors (Lipinski definition) is 11. The molecule has 0 N–H and O–H groups in total. The van der Waals surface area contributed by atoms with Crippen LogP contribution in [0.1, 0.15) is 132 Å². The Morgan fingerprint density at radius 3 is 1.92 bits per heavy atom. The van der Waals surface area contributed by atoms with Crippen molar-refractivity contribution < 1.29 is 52.3 Å². The van der Waals surface area contributed by atoms with Gasteiger partial charge in [-0.2, -0.15) is 0 Å². The van der Waals surface area contributed by atoms with Crippen LogP contribution in [0.2, 0.25) is 0 Å². The minimum Gasteiger partial charge on any atom is -0.487 e. The quantitative estimate of drug-likeness (QED) is 0.103. The van der Waals surface area contributed by atoms with Gasteiger partial charge in [0.15, 0.2) is 12.2 Å². The van der Waals surface area contributed by atoms with Gasteiger partial charge in [-0.1, -0.05) is 72.6 Å². The Hall–Kier alpha value is -3.34. The molecule has 11 nitrogen and oxygen atoms in total. The van der Waals surface area contributed by atoms with Gasteiger partial charge in [0.2, 0.25) is 12.4 Å². The van der Waals surface area contributed by atoms with Crippen LogP contribution in [0.25, 0.3) is 0 Å². The number of carbonyl (C=O) groups excluding carboxylic acids is 4. The molecule has 288 valence electrons. The van der Waals surface area contributed by atoms with Crippen LogP contribution in [-0.4, -0.2) is 66.8 Å². The maximum absolute atomic E-state index is 12.2. The summed E-state index contributed by atoms with van der Waals surface area (Å²) < 4.78 is 40.5. The number of hydrogen-bond donors (Lipinski definition) is 0. The maximum atomic E-state index is 12.2. The van der Waals surface area contributed by atoms with Crippen LogP contribution in [-0.2, 0) is 49.3 Å². The third-order valence-electron chi connectivity index (χ3n) is 9.79. The Bertz CT molecular complexity index is 1290. The summed E-state index contributed by atoms with van der Waals surface area (Å²) in [5, 5.41) is 0. The molecule has 0 aromatic heterocycles. The summed E-state index contributed by atoms with van der Waals surface area (Å²) in [6, 6.07) is 5.46. The van der Waals surface area contributed by atoms with Gasteiger partial charge in [-0.25, -0.2) is 0 Å². The molecule has 8 atom stereocenters. The van der Waals surface area contributed by atoms with E-state index in [4.69, 9.17) is 33.2 Å². The van der Waals surface area contributed by atoms with Crippen molar-refractivity contribution in [2.45, 2.75) is 169 Å². The van der Waals surface area contributed by atoms with E-state index in [1.165, 1.54) is 72.6 Å². The Kier molecular flexibility index (Phi) is 16.5. The molecule has 0 spiro atoms. The van der Waals surface area contributed by atoms with Gasteiger partial charge in [-0.3, -0.25) is 19.2 Å². The summed E-state index contributed by atoms with van der Waals surface area (Å²) in [5.74, 6) is 0.813. The first-order chi connectivity index (χ1) is 24.0. The summed E-state index contributed by atoms with van der Waals surface area (Å²) >= 11 is 0. The summed E-state index contributed by atoms with van der Waals surface area (Å²) in [5.41, 5.74) is 0.700. The number of fused-ring (bicyclic) bond motifs is 1. The molecule has 11 heteroatoms. The first-order valence-electron chi connectivity index (χ1n) is 18.8. The molecular weight excluding hydrogens is 656 g/mol. The Morgan fingerprint density at radius 1 is 0.765 bits per heavy atom. The Morgan fingerprint density at radius 2 is 1.33 bits per heavy atom. The van der Waals surface area contributed by atoms with E-state index in [0.717, 1.165) is 48.8 Å². The highest BCUT2D eigenvalue weighted by molar-refractivity contribution is 5.68. The summed E-state index contributed by atoms with van der Waals surface area (Å²) in [6.07, 6.45) is 6.57. The average molecular weight is 719 g/mol. The van der Waals surface area contributed by atoms with E-state index in [2.05, 4.69) is 34.6 Å². The molecule has 1 saturated heterocycles. The Balaban J connectivity index is 1.63. The molecule has 1 aromatic carbocycles. The number of carbonyl (C=O) groups is 4. The SMILES string of the molecule is CC(=O)OC[C@H]1O[C@@H](Oc2ccc3c(c2)CCC(C)(CCC[C@H](C)CCC[C@H](C)CCCC(C)C)O3)[C@H](OC(C)=O)[C@@H](OC(C)=O)[C@H]1OC(C)=O. The van der Waals surface area contributed by atoms with E-state index in [0.29, 0.717) is 11.7 Å². The topological polar surface area (TPSA) is 133 Å². The van der Waals surface area contributed by atoms with Crippen molar-refractivity contribution in [2.24, 2.45) is 17.8 Å². The van der Waals surface area contributed by atoms with Gasteiger partial charge in [0.1, 0.15) is 29.8 Å². The fourth-order valence-corrected chi connectivity index (χ4v) is 7.04. The fourth-order valence-electron chi connectivity index (χ4n) is 7.04. The van der Waals surface area contributed by atoms with Gasteiger partial charge in [-0.05, 0) is 74.1 Å². The highest BCUT2D eigenvalue weighted by Gasteiger charge is 2.53. The zero-order chi connectivity index (χ0) is 37.7. The lowest BCUT2D eigenvalue weighted by atomic mass is 9.86. The number of aryl methyl sites for hydroxylation is 1. The smallest absolute Gasteiger partial charge is 0.303 e. The molecular formula is C40H62O11. The molecule has 2 aliphatic rings. The summed E-state index contributed by atoms with van der Waals surface area (Å²) in [7, 11) is 0. The maximum Gasteiger partial charge on any atom is 0.303 e. The van der Waals surface area contributed by atoms with Crippen LogP contribution < -0.4 is 9.47 Å². The Labute approximate surface area is 304 Å². The van der Waals surface area contributed by atoms with Crippen LogP contribution >= 0.6 is 0 Å². The first kappa shape index (κ1) is 42.1. The molecule has 2 aliphatic heterocycles. The third-order valence-corrected chi connectivity index (χ3v) is 9.79. The van der Waals surface area contributed by atoms with E-state index in [9.17, 15) is 19.2 Å². The number of ether oxygens (including phenoxy) is 7. The number of benzene rings is 1. The summed E-state index contributed by atoms with van der Waals surface area (Å²) in [6.45, 7) is 16.0. The monoisotopic (exact) mass is 718 g/mol. The molecule has 0 saturated carbocycles. The molecule has 0 bridgehead atoms. The fraction of sp³-hybridized carbons (Fsp3) is 0.750. The zero-order valence-electron chi connectivity index (χ0n) is 32.3. The lowest BCUT2D eigenvalue weighted by molar-refractivity contribution is -0.288. The number of esters is 4. The van der Waals surface area contributed by atoms with Crippen LogP contribution in [0.15, 0.2) is 18.2 Å². The van der Waals surface area contributed by atoms with E-state index in [1.54, 1.807) is 6.07 Å². The highest BCUT2D eigenvalue weighted by atomic mass is 16.7. The average Bonchev–Trinajstić information content (AvgIpc) is 3.02. The van der Waals surface area contributed by atoms with Crippen molar-refractivity contribution >= 4 is 23.9 Å². The van der Waals surface area contributed by atoms with Crippen molar-refractivity contribution in [2.75, 3.05) is 6.61 Å². The largest absolute Gasteiger partial charge is 0.487 e. The van der Waals surface area contributed by atoms with Gasteiger partial charge < -0.3 is 33.2 Å². The molecule has 2 heterocycles. The van der Waals surface area contributed by atoms with Crippen LogP contribution in [0.4, 0.5) is 0 Å². The lowest BCUT2D eigenvalue weighted by Gasteiger charge is -2.44. The molecule has 1 fully saturated rings. The van der Waals surface area contributed by atoms with E-state index < -0.39 is 54.6 Å². The van der Waals surface area contributed by atoms with Gasteiger partial charge in [0.25, 0.3) is 0 Å². The molecule has 0 amide bonds. The summed E-state index contributed by atoms with van der Waals surface area (Å²) in [4.78, 5) is 48.0. The van der Waals surface area contributed by atoms with E-state index >= 15 is 0 Å². The second kappa shape index (κ2) is 20.0. The van der Waals surface area contributed by atoms with Crippen molar-refractivity contribution in [3.05, 3.63) is 23.8 Å². The minimum atomic E-state index is -1.31. The zero-order valence-corrected chi connectivity index (χ0v) is 32.3.